The summed E-state index contributed by atoms with van der Waals surface area (Å²) in [6.07, 6.45) is 2.19. The van der Waals surface area contributed by atoms with Gasteiger partial charge in [-0.15, -0.1) is 5.10 Å². The van der Waals surface area contributed by atoms with Crippen molar-refractivity contribution in [3.05, 3.63) is 11.9 Å². The standard InChI is InChI=1S/C16H30N4O2/c1-11(2)7-8-20-9-13(18-19-20)15(22)17-10-16(5,6)14(21)12(3)4/h9,11-12,14,21H,7-8,10H2,1-6H3,(H,17,22). The van der Waals surface area contributed by atoms with Gasteiger partial charge in [-0.2, -0.15) is 0 Å². The second-order valence-electron chi connectivity index (χ2n) is 7.41. The van der Waals surface area contributed by atoms with E-state index in [-0.39, 0.29) is 11.8 Å². The van der Waals surface area contributed by atoms with Crippen LogP contribution in [0.5, 0.6) is 0 Å². The predicted octanol–water partition coefficient (Wildman–Crippen LogP) is 2.10. The lowest BCUT2D eigenvalue weighted by Gasteiger charge is -2.33. The maximum Gasteiger partial charge on any atom is 0.273 e. The lowest BCUT2D eigenvalue weighted by Crippen LogP contribution is -2.43. The van der Waals surface area contributed by atoms with E-state index in [9.17, 15) is 9.90 Å². The van der Waals surface area contributed by atoms with Crippen molar-refractivity contribution in [3.8, 4) is 0 Å². The minimum atomic E-state index is -0.477. The highest BCUT2D eigenvalue weighted by molar-refractivity contribution is 5.91. The summed E-state index contributed by atoms with van der Waals surface area (Å²) >= 11 is 0. The van der Waals surface area contributed by atoms with Crippen LogP contribution in [0.25, 0.3) is 0 Å². The largest absolute Gasteiger partial charge is 0.392 e. The molecule has 2 N–H and O–H groups in total. The first-order valence-electron chi connectivity index (χ1n) is 8.00. The second-order valence-corrected chi connectivity index (χ2v) is 7.41. The van der Waals surface area contributed by atoms with Gasteiger partial charge in [-0.1, -0.05) is 46.8 Å². The Hall–Kier alpha value is -1.43. The Morgan fingerprint density at radius 2 is 2.00 bits per heavy atom. The molecule has 1 unspecified atom stereocenters. The molecule has 0 saturated heterocycles. The Bertz CT molecular complexity index is 480. The summed E-state index contributed by atoms with van der Waals surface area (Å²) in [5.41, 5.74) is -0.0733. The van der Waals surface area contributed by atoms with Gasteiger partial charge in [-0.3, -0.25) is 9.48 Å². The molecule has 0 saturated carbocycles. The SMILES string of the molecule is CC(C)CCn1cc(C(=O)NCC(C)(C)C(O)C(C)C)nn1. The van der Waals surface area contributed by atoms with E-state index in [1.54, 1.807) is 10.9 Å². The molecule has 0 bridgehead atoms. The van der Waals surface area contributed by atoms with Crippen molar-refractivity contribution >= 4 is 5.91 Å². The first kappa shape index (κ1) is 18.6. The lowest BCUT2D eigenvalue weighted by molar-refractivity contribution is 0.0138. The number of aryl methyl sites for hydroxylation is 1. The van der Waals surface area contributed by atoms with Crippen LogP contribution in [0.1, 0.15) is 58.5 Å². The maximum absolute atomic E-state index is 12.1. The highest BCUT2D eigenvalue weighted by Gasteiger charge is 2.30. The first-order chi connectivity index (χ1) is 10.1. The number of amides is 1. The molecule has 6 heteroatoms. The Kier molecular flexibility index (Phi) is 6.53. The molecule has 1 aromatic rings. The molecular weight excluding hydrogens is 280 g/mol. The number of aliphatic hydroxyl groups is 1. The van der Waals surface area contributed by atoms with E-state index in [0.717, 1.165) is 13.0 Å². The molecular formula is C16H30N4O2. The Labute approximate surface area is 133 Å². The smallest absolute Gasteiger partial charge is 0.273 e. The number of aliphatic hydroxyl groups excluding tert-OH is 1. The van der Waals surface area contributed by atoms with Gasteiger partial charge in [-0.05, 0) is 18.3 Å². The van der Waals surface area contributed by atoms with Gasteiger partial charge < -0.3 is 10.4 Å². The average molecular weight is 310 g/mol. The molecule has 0 spiro atoms. The Morgan fingerprint density at radius 1 is 1.36 bits per heavy atom. The molecule has 126 valence electrons. The average Bonchev–Trinajstić information content (AvgIpc) is 2.90. The fourth-order valence-electron chi connectivity index (χ4n) is 2.31. The van der Waals surface area contributed by atoms with Crippen LogP contribution in [0.3, 0.4) is 0 Å². The Balaban J connectivity index is 2.55. The van der Waals surface area contributed by atoms with Crippen molar-refractivity contribution in [1.82, 2.24) is 20.3 Å². The molecule has 0 fully saturated rings. The van der Waals surface area contributed by atoms with Crippen LogP contribution in [-0.2, 0) is 6.54 Å². The number of carbonyl (C=O) groups excluding carboxylic acids is 1. The van der Waals surface area contributed by atoms with Gasteiger partial charge in [0.1, 0.15) is 0 Å². The van der Waals surface area contributed by atoms with Gasteiger partial charge in [0.15, 0.2) is 5.69 Å². The molecule has 0 aliphatic rings. The molecule has 22 heavy (non-hydrogen) atoms. The van der Waals surface area contributed by atoms with Gasteiger partial charge in [-0.25, -0.2) is 0 Å². The number of carbonyl (C=O) groups is 1. The van der Waals surface area contributed by atoms with Crippen LogP contribution in [0.2, 0.25) is 0 Å². The molecule has 0 aromatic carbocycles. The molecule has 1 heterocycles. The summed E-state index contributed by atoms with van der Waals surface area (Å²) in [7, 11) is 0. The minimum Gasteiger partial charge on any atom is -0.392 e. The number of hydrogen-bond acceptors (Lipinski definition) is 4. The zero-order valence-corrected chi connectivity index (χ0v) is 14.6. The van der Waals surface area contributed by atoms with Crippen molar-refractivity contribution < 1.29 is 9.90 Å². The van der Waals surface area contributed by atoms with Crippen molar-refractivity contribution in [1.29, 1.82) is 0 Å². The van der Waals surface area contributed by atoms with Crippen molar-refractivity contribution in [2.45, 2.75) is 60.6 Å². The normalized spacial score (nSPS) is 13.7. The summed E-state index contributed by atoms with van der Waals surface area (Å²) in [6.45, 7) is 13.3. The third-order valence-corrected chi connectivity index (χ3v) is 3.84. The van der Waals surface area contributed by atoms with Gasteiger partial charge in [0.25, 0.3) is 5.91 Å². The molecule has 6 nitrogen and oxygen atoms in total. The third-order valence-electron chi connectivity index (χ3n) is 3.84. The van der Waals surface area contributed by atoms with E-state index in [1.165, 1.54) is 0 Å². The van der Waals surface area contributed by atoms with Crippen LogP contribution in [0.4, 0.5) is 0 Å². The van der Waals surface area contributed by atoms with E-state index >= 15 is 0 Å². The number of rotatable bonds is 8. The molecule has 0 radical (unpaired) electrons. The number of nitrogens with zero attached hydrogens (tertiary/aromatic N) is 3. The van der Waals surface area contributed by atoms with E-state index < -0.39 is 11.5 Å². The van der Waals surface area contributed by atoms with Gasteiger partial charge in [0, 0.05) is 18.5 Å². The van der Waals surface area contributed by atoms with Crippen molar-refractivity contribution in [3.63, 3.8) is 0 Å². The predicted molar refractivity (Wildman–Crippen MR) is 86.4 cm³/mol. The highest BCUT2D eigenvalue weighted by Crippen LogP contribution is 2.25. The fourth-order valence-corrected chi connectivity index (χ4v) is 2.31. The van der Waals surface area contributed by atoms with Gasteiger partial charge >= 0.3 is 0 Å². The lowest BCUT2D eigenvalue weighted by atomic mass is 9.80. The van der Waals surface area contributed by atoms with E-state index in [4.69, 9.17) is 0 Å². The summed E-state index contributed by atoms with van der Waals surface area (Å²) in [5, 5.41) is 20.9. The first-order valence-corrected chi connectivity index (χ1v) is 8.00. The second kappa shape index (κ2) is 7.72. The molecule has 0 aliphatic heterocycles. The van der Waals surface area contributed by atoms with Gasteiger partial charge in [0.2, 0.25) is 0 Å². The van der Waals surface area contributed by atoms with Crippen molar-refractivity contribution in [2.75, 3.05) is 6.54 Å². The van der Waals surface area contributed by atoms with Gasteiger partial charge in [0.05, 0.1) is 12.3 Å². The van der Waals surface area contributed by atoms with Crippen LogP contribution >= 0.6 is 0 Å². The highest BCUT2D eigenvalue weighted by atomic mass is 16.3. The zero-order valence-electron chi connectivity index (χ0n) is 14.6. The van der Waals surface area contributed by atoms with Crippen molar-refractivity contribution in [2.24, 2.45) is 17.3 Å². The monoisotopic (exact) mass is 310 g/mol. The van der Waals surface area contributed by atoms with Crippen LogP contribution in [0.15, 0.2) is 6.20 Å². The number of hydrogen-bond donors (Lipinski definition) is 2. The zero-order chi connectivity index (χ0) is 16.9. The maximum atomic E-state index is 12.1. The molecule has 1 atom stereocenters. The number of aromatic nitrogens is 3. The number of nitrogens with one attached hydrogen (secondary N) is 1. The fraction of sp³-hybridized carbons (Fsp3) is 0.812. The topological polar surface area (TPSA) is 80.0 Å². The van der Waals surface area contributed by atoms with Crippen LogP contribution < -0.4 is 5.32 Å². The molecule has 1 rings (SSSR count). The summed E-state index contributed by atoms with van der Waals surface area (Å²) in [6, 6.07) is 0. The van der Waals surface area contributed by atoms with E-state index in [1.807, 2.05) is 27.7 Å². The quantitative estimate of drug-likeness (QED) is 0.770. The summed E-state index contributed by atoms with van der Waals surface area (Å²) in [5.74, 6) is 0.475. The van der Waals surface area contributed by atoms with Crippen LogP contribution in [0, 0.1) is 17.3 Å². The minimum absolute atomic E-state index is 0.142. The summed E-state index contributed by atoms with van der Waals surface area (Å²) < 4.78 is 1.70. The Morgan fingerprint density at radius 3 is 2.55 bits per heavy atom. The molecule has 1 amide bonds. The molecule has 0 aliphatic carbocycles. The van der Waals surface area contributed by atoms with E-state index in [0.29, 0.717) is 18.2 Å². The van der Waals surface area contributed by atoms with Crippen LogP contribution in [-0.4, -0.2) is 38.7 Å². The van der Waals surface area contributed by atoms with E-state index in [2.05, 4.69) is 29.5 Å². The molecule has 1 aromatic heterocycles. The summed E-state index contributed by atoms with van der Waals surface area (Å²) in [4.78, 5) is 12.1. The third kappa shape index (κ3) is 5.40.